The Morgan fingerprint density at radius 1 is 1.25 bits per heavy atom. The van der Waals surface area contributed by atoms with Crippen molar-refractivity contribution in [2.24, 2.45) is 0 Å². The van der Waals surface area contributed by atoms with Crippen molar-refractivity contribution in [3.05, 3.63) is 53.8 Å². The highest BCUT2D eigenvalue weighted by molar-refractivity contribution is 7.99. The number of carbonyl (C=O) groups is 1. The topological polar surface area (TPSA) is 46.3 Å². The minimum atomic E-state index is -0.578. The quantitative estimate of drug-likeness (QED) is 0.820. The Labute approximate surface area is 120 Å². The third kappa shape index (κ3) is 2.25. The van der Waals surface area contributed by atoms with Crippen molar-refractivity contribution in [1.29, 1.82) is 0 Å². The zero-order valence-electron chi connectivity index (χ0n) is 10.7. The standard InChI is InChI=1S/C15H13FN2OS/c16-12-9-10(17)5-6-11(12)15(19)18-7-8-20-14-4-2-1-3-13(14)18/h1-6,9H,7-8,17H2. The van der Waals surface area contributed by atoms with Crippen molar-refractivity contribution < 1.29 is 9.18 Å². The number of thioether (sulfide) groups is 1. The number of nitrogens with two attached hydrogens (primary N) is 1. The number of nitrogen functional groups attached to an aromatic ring is 1. The lowest BCUT2D eigenvalue weighted by Gasteiger charge is -2.29. The summed E-state index contributed by atoms with van der Waals surface area (Å²) in [7, 11) is 0. The molecular formula is C15H13FN2OS. The van der Waals surface area contributed by atoms with E-state index in [1.165, 1.54) is 12.1 Å². The fourth-order valence-electron chi connectivity index (χ4n) is 2.23. The fourth-order valence-corrected chi connectivity index (χ4v) is 3.23. The highest BCUT2D eigenvalue weighted by atomic mass is 32.2. The molecule has 0 spiro atoms. The first-order chi connectivity index (χ1) is 9.66. The van der Waals surface area contributed by atoms with Gasteiger partial charge in [0.05, 0.1) is 11.3 Å². The van der Waals surface area contributed by atoms with Gasteiger partial charge in [-0.25, -0.2) is 4.39 Å². The second-order valence-corrected chi connectivity index (χ2v) is 5.65. The van der Waals surface area contributed by atoms with Crippen LogP contribution >= 0.6 is 11.8 Å². The van der Waals surface area contributed by atoms with Crippen LogP contribution in [0.2, 0.25) is 0 Å². The lowest BCUT2D eigenvalue weighted by atomic mass is 10.1. The number of carbonyl (C=O) groups excluding carboxylic acids is 1. The number of hydrogen-bond donors (Lipinski definition) is 1. The average Bonchev–Trinajstić information content (AvgIpc) is 2.46. The molecule has 1 aliphatic rings. The third-order valence-electron chi connectivity index (χ3n) is 3.20. The second kappa shape index (κ2) is 5.17. The van der Waals surface area contributed by atoms with E-state index in [2.05, 4.69) is 0 Å². The van der Waals surface area contributed by atoms with Gasteiger partial charge in [-0.05, 0) is 30.3 Å². The molecule has 0 unspecified atom stereocenters. The Bertz CT molecular complexity index is 675. The van der Waals surface area contributed by atoms with Gasteiger partial charge >= 0.3 is 0 Å². The SMILES string of the molecule is Nc1ccc(C(=O)N2CCSc3ccccc32)c(F)c1. The third-order valence-corrected chi connectivity index (χ3v) is 4.24. The van der Waals surface area contributed by atoms with Crippen LogP contribution in [0.5, 0.6) is 0 Å². The van der Waals surface area contributed by atoms with Gasteiger partial charge in [-0.3, -0.25) is 4.79 Å². The summed E-state index contributed by atoms with van der Waals surface area (Å²) in [6.07, 6.45) is 0. The van der Waals surface area contributed by atoms with Crippen LogP contribution in [0.25, 0.3) is 0 Å². The summed E-state index contributed by atoms with van der Waals surface area (Å²) >= 11 is 1.70. The summed E-state index contributed by atoms with van der Waals surface area (Å²) in [4.78, 5) is 15.2. The largest absolute Gasteiger partial charge is 0.399 e. The van der Waals surface area contributed by atoms with Crippen LogP contribution in [0.3, 0.4) is 0 Å². The molecule has 0 bridgehead atoms. The van der Waals surface area contributed by atoms with Crippen LogP contribution in [0.1, 0.15) is 10.4 Å². The maximum absolute atomic E-state index is 13.9. The average molecular weight is 288 g/mol. The molecule has 2 N–H and O–H groups in total. The van der Waals surface area contributed by atoms with Crippen molar-refractivity contribution >= 4 is 29.0 Å². The first-order valence-corrected chi connectivity index (χ1v) is 7.24. The first kappa shape index (κ1) is 13.0. The predicted molar refractivity (Wildman–Crippen MR) is 79.7 cm³/mol. The number of fused-ring (bicyclic) bond motifs is 1. The van der Waals surface area contributed by atoms with Crippen molar-refractivity contribution in [1.82, 2.24) is 0 Å². The van der Waals surface area contributed by atoms with Crippen LogP contribution < -0.4 is 10.6 Å². The number of halogens is 1. The highest BCUT2D eigenvalue weighted by Gasteiger charge is 2.25. The minimum Gasteiger partial charge on any atom is -0.399 e. The zero-order chi connectivity index (χ0) is 14.1. The number of amides is 1. The van der Waals surface area contributed by atoms with Gasteiger partial charge in [0.1, 0.15) is 5.82 Å². The maximum Gasteiger partial charge on any atom is 0.261 e. The molecule has 5 heteroatoms. The van der Waals surface area contributed by atoms with Gasteiger partial charge in [-0.1, -0.05) is 12.1 Å². The Kier molecular flexibility index (Phi) is 3.36. The maximum atomic E-state index is 13.9. The molecule has 0 saturated carbocycles. The van der Waals surface area contributed by atoms with Gasteiger partial charge in [-0.2, -0.15) is 0 Å². The molecule has 1 amide bonds. The molecule has 0 radical (unpaired) electrons. The molecule has 0 aromatic heterocycles. The smallest absolute Gasteiger partial charge is 0.261 e. The lowest BCUT2D eigenvalue weighted by molar-refractivity contribution is 0.0984. The lowest BCUT2D eigenvalue weighted by Crippen LogP contribution is -2.35. The summed E-state index contributed by atoms with van der Waals surface area (Å²) in [5.41, 5.74) is 6.72. The fraction of sp³-hybridized carbons (Fsp3) is 0.133. The summed E-state index contributed by atoms with van der Waals surface area (Å²) in [6, 6.07) is 11.8. The van der Waals surface area contributed by atoms with Gasteiger partial charge in [0.25, 0.3) is 5.91 Å². The van der Waals surface area contributed by atoms with Gasteiger partial charge in [0.2, 0.25) is 0 Å². The Hall–Kier alpha value is -2.01. The van der Waals surface area contributed by atoms with E-state index in [4.69, 9.17) is 5.73 Å². The van der Waals surface area contributed by atoms with Crippen molar-refractivity contribution in [2.75, 3.05) is 22.9 Å². The summed E-state index contributed by atoms with van der Waals surface area (Å²) in [5.74, 6) is -0.0970. The molecule has 20 heavy (non-hydrogen) atoms. The number of nitrogens with zero attached hydrogens (tertiary/aromatic N) is 1. The van der Waals surface area contributed by atoms with Crippen LogP contribution in [0.4, 0.5) is 15.8 Å². The van der Waals surface area contributed by atoms with E-state index < -0.39 is 5.82 Å². The normalized spacial score (nSPS) is 13.9. The number of hydrogen-bond acceptors (Lipinski definition) is 3. The van der Waals surface area contributed by atoms with Crippen LogP contribution in [-0.2, 0) is 0 Å². The molecule has 0 saturated heterocycles. The summed E-state index contributed by atoms with van der Waals surface area (Å²) < 4.78 is 13.9. The van der Waals surface area contributed by atoms with E-state index in [9.17, 15) is 9.18 Å². The molecule has 0 atom stereocenters. The molecule has 1 heterocycles. The van der Waals surface area contributed by atoms with Crippen LogP contribution in [-0.4, -0.2) is 18.2 Å². The first-order valence-electron chi connectivity index (χ1n) is 6.25. The number of benzene rings is 2. The van der Waals surface area contributed by atoms with E-state index in [1.54, 1.807) is 22.7 Å². The molecule has 3 rings (SSSR count). The van der Waals surface area contributed by atoms with Crippen LogP contribution in [0.15, 0.2) is 47.4 Å². The number of para-hydroxylation sites is 1. The predicted octanol–water partition coefficient (Wildman–Crippen LogP) is 3.16. The van der Waals surface area contributed by atoms with Gasteiger partial charge in [0, 0.05) is 22.9 Å². The monoisotopic (exact) mass is 288 g/mol. The zero-order valence-corrected chi connectivity index (χ0v) is 11.5. The Balaban J connectivity index is 2.00. The van der Waals surface area contributed by atoms with E-state index in [1.807, 2.05) is 24.3 Å². The van der Waals surface area contributed by atoms with Gasteiger partial charge in [-0.15, -0.1) is 11.8 Å². The van der Waals surface area contributed by atoms with E-state index in [-0.39, 0.29) is 11.5 Å². The second-order valence-electron chi connectivity index (χ2n) is 4.51. The van der Waals surface area contributed by atoms with E-state index in [0.717, 1.165) is 16.3 Å². The molecule has 102 valence electrons. The van der Waals surface area contributed by atoms with Crippen molar-refractivity contribution in [3.63, 3.8) is 0 Å². The molecular weight excluding hydrogens is 275 g/mol. The van der Waals surface area contributed by atoms with E-state index >= 15 is 0 Å². The Morgan fingerprint density at radius 2 is 2.05 bits per heavy atom. The highest BCUT2D eigenvalue weighted by Crippen LogP contribution is 2.35. The van der Waals surface area contributed by atoms with Gasteiger partial charge < -0.3 is 10.6 Å². The summed E-state index contributed by atoms with van der Waals surface area (Å²) in [5, 5.41) is 0. The number of anilines is 2. The van der Waals surface area contributed by atoms with Crippen molar-refractivity contribution in [3.8, 4) is 0 Å². The Morgan fingerprint density at radius 3 is 2.85 bits per heavy atom. The van der Waals surface area contributed by atoms with E-state index in [0.29, 0.717) is 12.2 Å². The molecule has 2 aromatic carbocycles. The summed E-state index contributed by atoms with van der Waals surface area (Å²) in [6.45, 7) is 0.574. The molecule has 1 aliphatic heterocycles. The van der Waals surface area contributed by atoms with Crippen molar-refractivity contribution in [2.45, 2.75) is 4.90 Å². The molecule has 2 aromatic rings. The van der Waals surface area contributed by atoms with Gasteiger partial charge in [0.15, 0.2) is 0 Å². The molecule has 3 nitrogen and oxygen atoms in total. The number of rotatable bonds is 1. The molecule has 0 fully saturated rings. The molecule has 0 aliphatic carbocycles. The minimum absolute atomic E-state index is 0.0564. The van der Waals surface area contributed by atoms with Crippen LogP contribution in [0, 0.1) is 5.82 Å².